The molecule has 0 aliphatic carbocycles. The number of benzene rings is 2. The van der Waals surface area contributed by atoms with Crippen LogP contribution in [0.3, 0.4) is 0 Å². The van der Waals surface area contributed by atoms with E-state index in [9.17, 15) is 9.59 Å². The van der Waals surface area contributed by atoms with Gasteiger partial charge in [-0.1, -0.05) is 26.0 Å². The molecule has 0 saturated carbocycles. The van der Waals surface area contributed by atoms with Crippen LogP contribution in [0.4, 0.5) is 5.69 Å². The summed E-state index contributed by atoms with van der Waals surface area (Å²) in [4.78, 5) is 28.2. The predicted octanol–water partition coefficient (Wildman–Crippen LogP) is 3.09. The maximum Gasteiger partial charge on any atom is 0.344 e. The average molecular weight is 427 g/mol. The smallest absolute Gasteiger partial charge is 0.344 e. The molecule has 1 saturated heterocycles. The minimum atomic E-state index is -0.557. The lowest BCUT2D eigenvalue weighted by atomic mass is 10.0. The number of anilines is 1. The maximum absolute atomic E-state index is 12.4. The molecule has 0 atom stereocenters. The number of carbonyl (C=O) groups excluding carboxylic acids is 2. The molecule has 1 aliphatic rings. The van der Waals surface area contributed by atoms with Crippen LogP contribution in [0.1, 0.15) is 25.3 Å². The van der Waals surface area contributed by atoms with Crippen molar-refractivity contribution in [3.63, 3.8) is 0 Å². The Morgan fingerprint density at radius 2 is 1.48 bits per heavy atom. The zero-order chi connectivity index (χ0) is 22.2. The lowest BCUT2D eigenvalue weighted by molar-refractivity contribution is -0.153. The first-order valence-electron chi connectivity index (χ1n) is 10.5. The van der Waals surface area contributed by atoms with Gasteiger partial charge in [0, 0.05) is 31.9 Å². The zero-order valence-electron chi connectivity index (χ0n) is 18.4. The van der Waals surface area contributed by atoms with E-state index in [0.717, 1.165) is 24.5 Å². The van der Waals surface area contributed by atoms with Crippen molar-refractivity contribution in [3.8, 4) is 11.5 Å². The Balaban J connectivity index is 1.37. The minimum absolute atomic E-state index is 0.191. The summed E-state index contributed by atoms with van der Waals surface area (Å²) in [5, 5.41) is 0. The van der Waals surface area contributed by atoms with E-state index < -0.39 is 5.97 Å². The Kier molecular flexibility index (Phi) is 7.76. The first-order valence-corrected chi connectivity index (χ1v) is 10.5. The molecule has 1 amide bonds. The van der Waals surface area contributed by atoms with Gasteiger partial charge in [0.1, 0.15) is 11.5 Å². The fraction of sp³-hybridized carbons (Fsp3) is 0.417. The normalized spacial score (nSPS) is 13.8. The molecule has 1 heterocycles. The molecule has 7 nitrogen and oxygen atoms in total. The Labute approximate surface area is 183 Å². The van der Waals surface area contributed by atoms with Crippen LogP contribution in [-0.4, -0.2) is 63.3 Å². The SMILES string of the molecule is COc1ccc(N2CCN(C(=O)COC(=O)COc3ccc(C(C)C)cc3)CC2)cc1. The van der Waals surface area contributed by atoms with Crippen LogP contribution < -0.4 is 14.4 Å². The van der Waals surface area contributed by atoms with Gasteiger partial charge >= 0.3 is 5.97 Å². The summed E-state index contributed by atoms with van der Waals surface area (Å²) >= 11 is 0. The van der Waals surface area contributed by atoms with Crippen molar-refractivity contribution in [2.45, 2.75) is 19.8 Å². The number of rotatable bonds is 8. The minimum Gasteiger partial charge on any atom is -0.497 e. The summed E-state index contributed by atoms with van der Waals surface area (Å²) in [6, 6.07) is 15.5. The molecule has 0 aromatic heterocycles. The third-order valence-corrected chi connectivity index (χ3v) is 5.33. The van der Waals surface area contributed by atoms with Crippen LogP contribution in [0.2, 0.25) is 0 Å². The zero-order valence-corrected chi connectivity index (χ0v) is 18.4. The highest BCUT2D eigenvalue weighted by molar-refractivity contribution is 5.81. The quantitative estimate of drug-likeness (QED) is 0.605. The largest absolute Gasteiger partial charge is 0.497 e. The Hall–Kier alpha value is -3.22. The third kappa shape index (κ3) is 6.38. The summed E-state index contributed by atoms with van der Waals surface area (Å²) in [5.74, 6) is 1.10. The van der Waals surface area contributed by atoms with Crippen LogP contribution in [0, 0.1) is 0 Å². The third-order valence-electron chi connectivity index (χ3n) is 5.33. The number of hydrogen-bond donors (Lipinski definition) is 0. The molecule has 7 heteroatoms. The van der Waals surface area contributed by atoms with Crippen LogP contribution >= 0.6 is 0 Å². The Morgan fingerprint density at radius 1 is 0.871 bits per heavy atom. The predicted molar refractivity (Wildman–Crippen MR) is 119 cm³/mol. The molecule has 0 unspecified atom stereocenters. The topological polar surface area (TPSA) is 68.3 Å². The molecular weight excluding hydrogens is 396 g/mol. The number of nitrogens with zero attached hydrogens (tertiary/aromatic N) is 2. The van der Waals surface area contributed by atoms with E-state index in [4.69, 9.17) is 14.2 Å². The Bertz CT molecular complexity index is 857. The van der Waals surface area contributed by atoms with Gasteiger partial charge in [0.05, 0.1) is 7.11 Å². The van der Waals surface area contributed by atoms with E-state index in [0.29, 0.717) is 24.8 Å². The van der Waals surface area contributed by atoms with E-state index in [1.165, 1.54) is 5.56 Å². The molecule has 166 valence electrons. The van der Waals surface area contributed by atoms with Crippen molar-refractivity contribution in [1.29, 1.82) is 0 Å². The van der Waals surface area contributed by atoms with Crippen LogP contribution in [-0.2, 0) is 14.3 Å². The van der Waals surface area contributed by atoms with Gasteiger partial charge in [-0.25, -0.2) is 4.79 Å². The summed E-state index contributed by atoms with van der Waals surface area (Å²) in [5.41, 5.74) is 2.30. The molecule has 0 radical (unpaired) electrons. The Morgan fingerprint density at radius 3 is 2.06 bits per heavy atom. The van der Waals surface area contributed by atoms with Gasteiger partial charge < -0.3 is 24.0 Å². The van der Waals surface area contributed by atoms with E-state index in [1.54, 1.807) is 12.0 Å². The summed E-state index contributed by atoms with van der Waals surface area (Å²) in [7, 11) is 1.64. The van der Waals surface area contributed by atoms with Crippen molar-refractivity contribution >= 4 is 17.6 Å². The molecule has 0 N–H and O–H groups in total. The maximum atomic E-state index is 12.4. The van der Waals surface area contributed by atoms with E-state index in [-0.39, 0.29) is 19.1 Å². The highest BCUT2D eigenvalue weighted by Crippen LogP contribution is 2.21. The van der Waals surface area contributed by atoms with Crippen molar-refractivity contribution in [2.24, 2.45) is 0 Å². The van der Waals surface area contributed by atoms with E-state index in [2.05, 4.69) is 18.7 Å². The number of methoxy groups -OCH3 is 1. The lowest BCUT2D eigenvalue weighted by Gasteiger charge is -2.36. The summed E-state index contributed by atoms with van der Waals surface area (Å²) < 4.78 is 15.7. The van der Waals surface area contributed by atoms with Crippen molar-refractivity contribution in [2.75, 3.05) is 51.4 Å². The molecule has 0 spiro atoms. The standard InChI is InChI=1S/C24H30N2O5/c1-18(2)19-4-8-22(9-5-19)30-17-24(28)31-16-23(27)26-14-12-25(13-15-26)20-6-10-21(29-3)11-7-20/h4-11,18H,12-17H2,1-3H3. The molecule has 3 rings (SSSR count). The van der Waals surface area contributed by atoms with Gasteiger partial charge in [0.25, 0.3) is 5.91 Å². The summed E-state index contributed by atoms with van der Waals surface area (Å²) in [6.45, 7) is 6.36. The molecule has 31 heavy (non-hydrogen) atoms. The number of amides is 1. The van der Waals surface area contributed by atoms with Crippen LogP contribution in [0.15, 0.2) is 48.5 Å². The van der Waals surface area contributed by atoms with Crippen molar-refractivity contribution in [1.82, 2.24) is 4.90 Å². The van der Waals surface area contributed by atoms with Gasteiger partial charge in [0.15, 0.2) is 13.2 Å². The molecular formula is C24H30N2O5. The van der Waals surface area contributed by atoms with E-state index >= 15 is 0 Å². The van der Waals surface area contributed by atoms with E-state index in [1.807, 2.05) is 48.5 Å². The molecule has 1 fully saturated rings. The van der Waals surface area contributed by atoms with Gasteiger partial charge in [-0.05, 0) is 47.9 Å². The fourth-order valence-corrected chi connectivity index (χ4v) is 3.37. The molecule has 2 aromatic carbocycles. The number of carbonyl (C=O) groups is 2. The number of hydrogen-bond acceptors (Lipinski definition) is 6. The van der Waals surface area contributed by atoms with Crippen molar-refractivity contribution in [3.05, 3.63) is 54.1 Å². The monoisotopic (exact) mass is 426 g/mol. The van der Waals surface area contributed by atoms with Crippen LogP contribution in [0.5, 0.6) is 11.5 Å². The highest BCUT2D eigenvalue weighted by Gasteiger charge is 2.22. The summed E-state index contributed by atoms with van der Waals surface area (Å²) in [6.07, 6.45) is 0. The van der Waals surface area contributed by atoms with Gasteiger partial charge in [-0.2, -0.15) is 0 Å². The molecule has 2 aromatic rings. The second-order valence-corrected chi connectivity index (χ2v) is 7.74. The average Bonchev–Trinajstić information content (AvgIpc) is 2.81. The van der Waals surface area contributed by atoms with Gasteiger partial charge in [0.2, 0.25) is 0 Å². The van der Waals surface area contributed by atoms with Crippen LogP contribution in [0.25, 0.3) is 0 Å². The first-order chi connectivity index (χ1) is 15.0. The van der Waals surface area contributed by atoms with Gasteiger partial charge in [-0.15, -0.1) is 0 Å². The first kappa shape index (κ1) is 22.5. The number of ether oxygens (including phenoxy) is 3. The van der Waals surface area contributed by atoms with Gasteiger partial charge in [-0.3, -0.25) is 4.79 Å². The second kappa shape index (κ2) is 10.7. The fourth-order valence-electron chi connectivity index (χ4n) is 3.37. The highest BCUT2D eigenvalue weighted by atomic mass is 16.6. The number of piperazine rings is 1. The number of esters is 1. The van der Waals surface area contributed by atoms with Crippen molar-refractivity contribution < 1.29 is 23.8 Å². The molecule has 1 aliphatic heterocycles. The lowest BCUT2D eigenvalue weighted by Crippen LogP contribution is -2.50. The second-order valence-electron chi connectivity index (χ2n) is 7.74. The molecule has 0 bridgehead atoms.